The number of hydrogen-bond acceptors (Lipinski definition) is 14. The first-order valence-corrected chi connectivity index (χ1v) is 12.5. The summed E-state index contributed by atoms with van der Waals surface area (Å²) in [6.45, 7) is 0.0578. The molecule has 0 aliphatic heterocycles. The average Bonchev–Trinajstić information content (AvgIpc) is 2.99. The van der Waals surface area contributed by atoms with Crippen molar-refractivity contribution in [2.75, 3.05) is 53.4 Å². The summed E-state index contributed by atoms with van der Waals surface area (Å²) in [6, 6.07) is 2.27. The third-order valence-corrected chi connectivity index (χ3v) is 6.46. The number of nitro benzene ring substituents is 1. The number of aliphatic hydroxyl groups is 4. The minimum atomic E-state index is -1.94. The molecule has 15 nitrogen and oxygen atoms in total. The van der Waals surface area contributed by atoms with Gasteiger partial charge in [-0.1, -0.05) is 5.92 Å². The minimum absolute atomic E-state index is 0.0280. The molecular formula is C27H37NO14. The number of carbonyl (C=O) groups excluding carboxylic acids is 3. The quantitative estimate of drug-likeness (QED) is 0.0622. The molecule has 1 atom stereocenters. The molecular weight excluding hydrogens is 562 g/mol. The fourth-order valence-electron chi connectivity index (χ4n) is 3.12. The van der Waals surface area contributed by atoms with Crippen molar-refractivity contribution in [3.05, 3.63) is 27.8 Å². The first-order chi connectivity index (χ1) is 19.6. The van der Waals surface area contributed by atoms with Crippen molar-refractivity contribution in [1.82, 2.24) is 0 Å². The maximum Gasteiger partial charge on any atom is 0.319 e. The van der Waals surface area contributed by atoms with E-state index in [9.17, 15) is 44.9 Å². The van der Waals surface area contributed by atoms with E-state index >= 15 is 0 Å². The molecule has 0 aliphatic rings. The standard InChI is InChI=1S/C27H37NO14/c1-7-8-39-21-10-19(28(36)37)18(9-20(21)38-6)17(2)42-24(35)27(5,15-40-22(33)25(3,11-29)12-30)16-41-23(34)26(4,13-31)14-32/h1,9-10,17,29-32H,8,11-16H2,2-6H3. The van der Waals surface area contributed by atoms with Crippen molar-refractivity contribution in [3.63, 3.8) is 0 Å². The van der Waals surface area contributed by atoms with Gasteiger partial charge in [-0.25, -0.2) is 0 Å². The van der Waals surface area contributed by atoms with Crippen molar-refractivity contribution in [1.29, 1.82) is 0 Å². The number of carbonyl (C=O) groups is 3. The van der Waals surface area contributed by atoms with Crippen LogP contribution in [-0.2, 0) is 28.6 Å². The zero-order valence-electron chi connectivity index (χ0n) is 24.1. The highest BCUT2D eigenvalue weighted by molar-refractivity contribution is 5.81. The molecule has 1 unspecified atom stereocenters. The molecule has 0 bridgehead atoms. The van der Waals surface area contributed by atoms with Crippen LogP contribution in [0.25, 0.3) is 0 Å². The second-order valence-corrected chi connectivity index (χ2v) is 10.3. The van der Waals surface area contributed by atoms with E-state index in [4.69, 9.17) is 30.1 Å². The molecule has 1 rings (SSSR count). The van der Waals surface area contributed by atoms with Gasteiger partial charge in [0.1, 0.15) is 42.2 Å². The third-order valence-electron chi connectivity index (χ3n) is 6.46. The van der Waals surface area contributed by atoms with Crippen molar-refractivity contribution in [3.8, 4) is 23.8 Å². The van der Waals surface area contributed by atoms with E-state index in [1.807, 2.05) is 0 Å². The predicted molar refractivity (Wildman–Crippen MR) is 143 cm³/mol. The lowest BCUT2D eigenvalue weighted by Gasteiger charge is -2.31. The lowest BCUT2D eigenvalue weighted by Crippen LogP contribution is -2.45. The SMILES string of the molecule is C#CCOc1cc([N+](=O)[O-])c(C(C)OC(=O)C(C)(COC(=O)C(C)(CO)CO)COC(=O)C(C)(CO)CO)cc1OC. The Kier molecular flexibility index (Phi) is 13.1. The summed E-state index contributed by atoms with van der Waals surface area (Å²) < 4.78 is 26.4. The molecule has 4 N–H and O–H groups in total. The zero-order valence-corrected chi connectivity index (χ0v) is 24.1. The van der Waals surface area contributed by atoms with Gasteiger partial charge in [0, 0.05) is 0 Å². The van der Waals surface area contributed by atoms with Gasteiger partial charge >= 0.3 is 17.9 Å². The van der Waals surface area contributed by atoms with Crippen LogP contribution in [0.15, 0.2) is 12.1 Å². The molecule has 1 aromatic carbocycles. The predicted octanol–water partition coefficient (Wildman–Crippen LogP) is 0.294. The Hall–Kier alpha value is -3.97. The summed E-state index contributed by atoms with van der Waals surface area (Å²) in [7, 11) is 1.28. The van der Waals surface area contributed by atoms with Gasteiger partial charge in [0.15, 0.2) is 11.5 Å². The minimum Gasteiger partial charge on any atom is -0.493 e. The molecule has 0 saturated carbocycles. The number of aliphatic hydroxyl groups excluding tert-OH is 4. The molecule has 1 aromatic rings. The number of hydrogen-bond donors (Lipinski definition) is 4. The molecule has 42 heavy (non-hydrogen) atoms. The highest BCUT2D eigenvalue weighted by Gasteiger charge is 2.44. The number of ether oxygens (including phenoxy) is 5. The number of rotatable bonds is 17. The topological polar surface area (TPSA) is 221 Å². The second kappa shape index (κ2) is 15.3. The Morgan fingerprint density at radius 3 is 1.76 bits per heavy atom. The van der Waals surface area contributed by atoms with Gasteiger partial charge in [0.2, 0.25) is 0 Å². The number of nitrogens with zero attached hydrogens (tertiary/aromatic N) is 1. The average molecular weight is 600 g/mol. The number of benzene rings is 1. The Morgan fingerprint density at radius 1 is 0.905 bits per heavy atom. The fourth-order valence-corrected chi connectivity index (χ4v) is 3.12. The number of nitro groups is 1. The Bertz CT molecular complexity index is 1130. The van der Waals surface area contributed by atoms with E-state index in [0.29, 0.717) is 0 Å². The lowest BCUT2D eigenvalue weighted by atomic mass is 9.90. The van der Waals surface area contributed by atoms with Crippen molar-refractivity contribution in [2.24, 2.45) is 16.2 Å². The molecule has 0 aliphatic carbocycles. The lowest BCUT2D eigenvalue weighted by molar-refractivity contribution is -0.386. The van der Waals surface area contributed by atoms with Crippen LogP contribution in [0.5, 0.6) is 11.5 Å². The van der Waals surface area contributed by atoms with E-state index in [0.717, 1.165) is 6.07 Å². The van der Waals surface area contributed by atoms with Gasteiger partial charge in [-0.2, -0.15) is 0 Å². The van der Waals surface area contributed by atoms with Crippen LogP contribution in [0, 0.1) is 38.7 Å². The van der Waals surface area contributed by atoms with Gasteiger partial charge in [-0.15, -0.1) is 6.42 Å². The van der Waals surface area contributed by atoms with E-state index in [1.165, 1.54) is 40.9 Å². The van der Waals surface area contributed by atoms with Gasteiger partial charge in [-0.3, -0.25) is 24.5 Å². The molecule has 0 radical (unpaired) electrons. The third kappa shape index (κ3) is 8.52. The Morgan fingerprint density at radius 2 is 1.38 bits per heavy atom. The zero-order chi connectivity index (χ0) is 32.3. The van der Waals surface area contributed by atoms with Gasteiger partial charge in [0.05, 0.1) is 50.1 Å². The first kappa shape index (κ1) is 36.1. The maximum absolute atomic E-state index is 13.4. The van der Waals surface area contributed by atoms with Crippen LogP contribution in [-0.4, -0.2) is 96.6 Å². The summed E-state index contributed by atoms with van der Waals surface area (Å²) in [5.74, 6) is -1.03. The van der Waals surface area contributed by atoms with Gasteiger partial charge in [-0.05, 0) is 33.8 Å². The molecule has 0 heterocycles. The number of terminal acetylenes is 1. The molecule has 15 heteroatoms. The summed E-state index contributed by atoms with van der Waals surface area (Å²) >= 11 is 0. The van der Waals surface area contributed by atoms with Crippen LogP contribution in [0.1, 0.15) is 39.4 Å². The monoisotopic (exact) mass is 599 g/mol. The largest absolute Gasteiger partial charge is 0.493 e. The van der Waals surface area contributed by atoms with Crippen LogP contribution in [0.3, 0.4) is 0 Å². The highest BCUT2D eigenvalue weighted by atomic mass is 16.6. The van der Waals surface area contributed by atoms with Crippen LogP contribution < -0.4 is 9.47 Å². The summed E-state index contributed by atoms with van der Waals surface area (Å²) in [5, 5.41) is 49.8. The molecule has 0 spiro atoms. The van der Waals surface area contributed by atoms with Crippen molar-refractivity contribution < 1.29 is 63.4 Å². The van der Waals surface area contributed by atoms with E-state index < -0.39 is 90.5 Å². The smallest absolute Gasteiger partial charge is 0.319 e. The van der Waals surface area contributed by atoms with Gasteiger partial charge < -0.3 is 44.1 Å². The van der Waals surface area contributed by atoms with E-state index in [1.54, 1.807) is 0 Å². The Labute approximate surface area is 242 Å². The molecule has 0 fully saturated rings. The van der Waals surface area contributed by atoms with Crippen LogP contribution in [0.4, 0.5) is 5.69 Å². The second-order valence-electron chi connectivity index (χ2n) is 10.3. The first-order valence-electron chi connectivity index (χ1n) is 12.5. The normalized spacial score (nSPS) is 12.5. The number of esters is 3. The van der Waals surface area contributed by atoms with Crippen LogP contribution in [0.2, 0.25) is 0 Å². The van der Waals surface area contributed by atoms with E-state index in [-0.39, 0.29) is 23.7 Å². The number of methoxy groups -OCH3 is 1. The fraction of sp³-hybridized carbons (Fsp3) is 0.593. The maximum atomic E-state index is 13.4. The Balaban J connectivity index is 3.41. The van der Waals surface area contributed by atoms with Gasteiger partial charge in [0.25, 0.3) is 5.69 Å². The summed E-state index contributed by atoms with van der Waals surface area (Å²) in [6.07, 6.45) is 3.88. The summed E-state index contributed by atoms with van der Waals surface area (Å²) in [4.78, 5) is 49.6. The molecule has 0 saturated heterocycles. The molecule has 0 aromatic heterocycles. The highest BCUT2D eigenvalue weighted by Crippen LogP contribution is 2.39. The molecule has 234 valence electrons. The summed E-state index contributed by atoms with van der Waals surface area (Å²) in [5.41, 5.74) is -5.98. The molecule has 0 amide bonds. The van der Waals surface area contributed by atoms with Crippen LogP contribution >= 0.6 is 0 Å². The van der Waals surface area contributed by atoms with Crippen molar-refractivity contribution >= 4 is 23.6 Å². The van der Waals surface area contributed by atoms with E-state index in [2.05, 4.69) is 5.92 Å². The van der Waals surface area contributed by atoms with Crippen molar-refractivity contribution in [2.45, 2.75) is 33.8 Å².